The van der Waals surface area contributed by atoms with Gasteiger partial charge in [-0.15, -0.1) is 0 Å². The SMILES string of the molecule is CC(NC(=O)C1CCN(C(=O)CCOc2ccccc2)CC1)c1cc(F)c(Cl)cc1Cl. The number of carbonyl (C=O) groups excluding carboxylic acids is 2. The van der Waals surface area contributed by atoms with Crippen molar-refractivity contribution in [2.24, 2.45) is 5.92 Å². The molecular weight excluding hydrogens is 442 g/mol. The zero-order valence-electron chi connectivity index (χ0n) is 17.2. The number of para-hydroxylation sites is 1. The monoisotopic (exact) mass is 466 g/mol. The number of halogens is 3. The normalized spacial score (nSPS) is 15.4. The fourth-order valence-electron chi connectivity index (χ4n) is 3.60. The van der Waals surface area contributed by atoms with Crippen LogP contribution < -0.4 is 10.1 Å². The highest BCUT2D eigenvalue weighted by Gasteiger charge is 2.28. The first-order chi connectivity index (χ1) is 14.8. The summed E-state index contributed by atoms with van der Waals surface area (Å²) in [6.07, 6.45) is 1.45. The summed E-state index contributed by atoms with van der Waals surface area (Å²) in [5.74, 6) is -0.154. The first-order valence-electron chi connectivity index (χ1n) is 10.3. The van der Waals surface area contributed by atoms with Crippen molar-refractivity contribution >= 4 is 35.0 Å². The third kappa shape index (κ3) is 6.34. The molecule has 8 heteroatoms. The minimum absolute atomic E-state index is 0.0200. The molecule has 0 aliphatic carbocycles. The number of hydrogen-bond donors (Lipinski definition) is 1. The Morgan fingerprint density at radius 2 is 1.84 bits per heavy atom. The number of amides is 2. The van der Waals surface area contributed by atoms with E-state index in [1.165, 1.54) is 12.1 Å². The highest BCUT2D eigenvalue weighted by atomic mass is 35.5. The van der Waals surface area contributed by atoms with Gasteiger partial charge in [0.05, 0.1) is 24.1 Å². The van der Waals surface area contributed by atoms with Crippen molar-refractivity contribution in [1.82, 2.24) is 10.2 Å². The number of piperidine rings is 1. The van der Waals surface area contributed by atoms with E-state index in [-0.39, 0.29) is 22.8 Å². The second-order valence-corrected chi connectivity index (χ2v) is 8.40. The highest BCUT2D eigenvalue weighted by molar-refractivity contribution is 6.35. The smallest absolute Gasteiger partial charge is 0.225 e. The van der Waals surface area contributed by atoms with Gasteiger partial charge in [-0.2, -0.15) is 0 Å². The molecule has 1 aliphatic heterocycles. The van der Waals surface area contributed by atoms with Gasteiger partial charge in [0.1, 0.15) is 11.6 Å². The van der Waals surface area contributed by atoms with Gasteiger partial charge in [-0.3, -0.25) is 9.59 Å². The molecule has 0 saturated carbocycles. The molecule has 2 aromatic carbocycles. The van der Waals surface area contributed by atoms with E-state index in [1.807, 2.05) is 30.3 Å². The molecule has 5 nitrogen and oxygen atoms in total. The van der Waals surface area contributed by atoms with Crippen LogP contribution in [0.25, 0.3) is 0 Å². The number of nitrogens with zero attached hydrogens (tertiary/aromatic N) is 1. The first kappa shape index (κ1) is 23.4. The molecule has 1 fully saturated rings. The van der Waals surface area contributed by atoms with Crippen LogP contribution >= 0.6 is 23.2 Å². The molecular formula is C23H25Cl2FN2O3. The predicted molar refractivity (Wildman–Crippen MR) is 119 cm³/mol. The molecule has 0 radical (unpaired) electrons. The highest BCUT2D eigenvalue weighted by Crippen LogP contribution is 2.29. The van der Waals surface area contributed by atoms with E-state index < -0.39 is 11.9 Å². The molecule has 2 amide bonds. The largest absolute Gasteiger partial charge is 0.493 e. The summed E-state index contributed by atoms with van der Waals surface area (Å²) < 4.78 is 19.3. The van der Waals surface area contributed by atoms with E-state index in [1.54, 1.807) is 11.8 Å². The molecule has 1 saturated heterocycles. The van der Waals surface area contributed by atoms with Crippen molar-refractivity contribution in [2.45, 2.75) is 32.2 Å². The van der Waals surface area contributed by atoms with Crippen LogP contribution in [0.4, 0.5) is 4.39 Å². The topological polar surface area (TPSA) is 58.6 Å². The van der Waals surface area contributed by atoms with Gasteiger partial charge in [0.15, 0.2) is 0 Å². The van der Waals surface area contributed by atoms with Crippen LogP contribution in [-0.2, 0) is 9.59 Å². The molecule has 0 bridgehead atoms. The number of benzene rings is 2. The molecule has 31 heavy (non-hydrogen) atoms. The number of carbonyl (C=O) groups is 2. The Kier molecular flexibility index (Phi) is 8.15. The van der Waals surface area contributed by atoms with Crippen molar-refractivity contribution in [3.8, 4) is 5.75 Å². The second-order valence-electron chi connectivity index (χ2n) is 7.58. The van der Waals surface area contributed by atoms with Gasteiger partial charge in [0.2, 0.25) is 11.8 Å². The minimum atomic E-state index is -0.578. The van der Waals surface area contributed by atoms with Crippen molar-refractivity contribution < 1.29 is 18.7 Å². The van der Waals surface area contributed by atoms with Crippen molar-refractivity contribution in [2.75, 3.05) is 19.7 Å². The Balaban J connectivity index is 1.44. The van der Waals surface area contributed by atoms with E-state index in [0.29, 0.717) is 49.5 Å². The third-order valence-electron chi connectivity index (χ3n) is 5.41. The fourth-order valence-corrected chi connectivity index (χ4v) is 4.15. The maximum Gasteiger partial charge on any atom is 0.225 e. The Bertz CT molecular complexity index is 919. The number of ether oxygens (including phenoxy) is 1. The van der Waals surface area contributed by atoms with E-state index in [0.717, 1.165) is 5.75 Å². The Morgan fingerprint density at radius 3 is 2.52 bits per heavy atom. The van der Waals surface area contributed by atoms with E-state index >= 15 is 0 Å². The zero-order valence-corrected chi connectivity index (χ0v) is 18.8. The first-order valence-corrected chi connectivity index (χ1v) is 11.0. The van der Waals surface area contributed by atoms with E-state index in [4.69, 9.17) is 27.9 Å². The van der Waals surface area contributed by atoms with E-state index in [2.05, 4.69) is 5.32 Å². The van der Waals surface area contributed by atoms with Crippen LogP contribution in [0, 0.1) is 11.7 Å². The number of nitrogens with one attached hydrogen (secondary N) is 1. The fraction of sp³-hybridized carbons (Fsp3) is 0.391. The lowest BCUT2D eigenvalue weighted by Crippen LogP contribution is -2.43. The van der Waals surface area contributed by atoms with Crippen LogP contribution in [0.5, 0.6) is 5.75 Å². The lowest BCUT2D eigenvalue weighted by atomic mass is 9.95. The van der Waals surface area contributed by atoms with Crippen LogP contribution in [0.2, 0.25) is 10.0 Å². The molecule has 1 aliphatic rings. The van der Waals surface area contributed by atoms with Crippen molar-refractivity contribution in [1.29, 1.82) is 0 Å². The molecule has 166 valence electrons. The molecule has 0 spiro atoms. The molecule has 1 heterocycles. The average Bonchev–Trinajstić information content (AvgIpc) is 2.77. The number of likely N-dealkylation sites (tertiary alicyclic amines) is 1. The lowest BCUT2D eigenvalue weighted by molar-refractivity contribution is -0.136. The van der Waals surface area contributed by atoms with Gasteiger partial charge in [-0.05, 0) is 49.6 Å². The summed E-state index contributed by atoms with van der Waals surface area (Å²) >= 11 is 11.9. The van der Waals surface area contributed by atoms with Gasteiger partial charge in [0, 0.05) is 24.0 Å². The summed E-state index contributed by atoms with van der Waals surface area (Å²) in [5, 5.41) is 3.14. The number of rotatable bonds is 7. The average molecular weight is 467 g/mol. The van der Waals surface area contributed by atoms with Gasteiger partial charge in [-0.25, -0.2) is 4.39 Å². The zero-order chi connectivity index (χ0) is 22.4. The van der Waals surface area contributed by atoms with Gasteiger partial charge in [-0.1, -0.05) is 41.4 Å². The van der Waals surface area contributed by atoms with Crippen LogP contribution in [0.1, 0.15) is 37.8 Å². The molecule has 1 unspecified atom stereocenters. The minimum Gasteiger partial charge on any atom is -0.493 e. The molecule has 1 atom stereocenters. The lowest BCUT2D eigenvalue weighted by Gasteiger charge is -2.32. The summed E-state index contributed by atoms with van der Waals surface area (Å²) in [5.41, 5.74) is 0.475. The second kappa shape index (κ2) is 10.8. The van der Waals surface area contributed by atoms with Crippen LogP contribution in [0.3, 0.4) is 0 Å². The van der Waals surface area contributed by atoms with Crippen molar-refractivity contribution in [3.63, 3.8) is 0 Å². The quantitative estimate of drug-likeness (QED) is 0.582. The molecule has 1 N–H and O–H groups in total. The van der Waals surface area contributed by atoms with Gasteiger partial charge < -0.3 is 15.0 Å². The molecule has 3 rings (SSSR count). The van der Waals surface area contributed by atoms with Crippen LogP contribution in [-0.4, -0.2) is 36.4 Å². The summed E-state index contributed by atoms with van der Waals surface area (Å²) in [4.78, 5) is 26.8. The van der Waals surface area contributed by atoms with Crippen molar-refractivity contribution in [3.05, 3.63) is 63.9 Å². The van der Waals surface area contributed by atoms with Crippen LogP contribution in [0.15, 0.2) is 42.5 Å². The maximum absolute atomic E-state index is 13.8. The summed E-state index contributed by atoms with van der Waals surface area (Å²) in [6.45, 7) is 3.11. The van der Waals surface area contributed by atoms with Gasteiger partial charge in [0.25, 0.3) is 0 Å². The summed E-state index contributed by atoms with van der Waals surface area (Å²) in [6, 6.07) is 11.5. The predicted octanol–water partition coefficient (Wildman–Crippen LogP) is 5.02. The molecule has 2 aromatic rings. The summed E-state index contributed by atoms with van der Waals surface area (Å²) in [7, 11) is 0. The van der Waals surface area contributed by atoms with Gasteiger partial charge >= 0.3 is 0 Å². The maximum atomic E-state index is 13.8. The Hall–Kier alpha value is -2.31. The van der Waals surface area contributed by atoms with E-state index in [9.17, 15) is 14.0 Å². The standard InChI is InChI=1S/C23H25Cl2FN2O3/c1-15(18-13-21(26)20(25)14-19(18)24)27-23(30)16-7-10-28(11-8-16)22(29)9-12-31-17-5-3-2-4-6-17/h2-6,13-16H,7-12H2,1H3,(H,27,30). The Labute approximate surface area is 191 Å². The Morgan fingerprint density at radius 1 is 1.16 bits per heavy atom. The third-order valence-corrected chi connectivity index (χ3v) is 6.03. The number of hydrogen-bond acceptors (Lipinski definition) is 3. The molecule has 0 aromatic heterocycles.